The Hall–Kier alpha value is -2.36. The molecule has 1 amide bonds. The number of hydrogen-bond acceptors (Lipinski definition) is 2. The molecule has 0 saturated carbocycles. The Morgan fingerprint density at radius 3 is 2.85 bits per heavy atom. The third-order valence-corrected chi connectivity index (χ3v) is 3.46. The van der Waals surface area contributed by atoms with Crippen molar-refractivity contribution < 1.29 is 9.18 Å². The molecular formula is C16H15FN2O. The second kappa shape index (κ2) is 5.33. The monoisotopic (exact) mass is 270 g/mol. The SMILES string of the molecule is O=C(Nc1cccc2c1CCCN2)c1ccccc1F. The van der Waals surface area contributed by atoms with Gasteiger partial charge in [-0.15, -0.1) is 0 Å². The molecule has 0 unspecified atom stereocenters. The summed E-state index contributed by atoms with van der Waals surface area (Å²) in [4.78, 5) is 12.1. The average Bonchev–Trinajstić information content (AvgIpc) is 2.48. The molecule has 0 spiro atoms. The minimum atomic E-state index is -0.507. The Morgan fingerprint density at radius 2 is 2.00 bits per heavy atom. The number of carbonyl (C=O) groups excluding carboxylic acids is 1. The number of nitrogens with one attached hydrogen (secondary N) is 2. The lowest BCUT2D eigenvalue weighted by Crippen LogP contribution is -2.18. The first-order valence-corrected chi connectivity index (χ1v) is 6.67. The molecule has 102 valence electrons. The lowest BCUT2D eigenvalue weighted by atomic mass is 10.0. The van der Waals surface area contributed by atoms with Gasteiger partial charge in [0.15, 0.2) is 0 Å². The van der Waals surface area contributed by atoms with Crippen molar-refractivity contribution in [1.82, 2.24) is 0 Å². The summed E-state index contributed by atoms with van der Waals surface area (Å²) >= 11 is 0. The molecule has 3 rings (SSSR count). The third kappa shape index (κ3) is 2.37. The summed E-state index contributed by atoms with van der Waals surface area (Å²) in [6, 6.07) is 11.7. The van der Waals surface area contributed by atoms with E-state index in [1.54, 1.807) is 12.1 Å². The van der Waals surface area contributed by atoms with E-state index in [4.69, 9.17) is 0 Å². The number of fused-ring (bicyclic) bond motifs is 1. The number of benzene rings is 2. The van der Waals surface area contributed by atoms with Gasteiger partial charge in [-0.25, -0.2) is 4.39 Å². The molecule has 0 radical (unpaired) electrons. The lowest BCUT2D eigenvalue weighted by Gasteiger charge is -2.21. The fraction of sp³-hybridized carbons (Fsp3) is 0.188. The van der Waals surface area contributed by atoms with Crippen molar-refractivity contribution in [2.24, 2.45) is 0 Å². The third-order valence-electron chi connectivity index (χ3n) is 3.46. The van der Waals surface area contributed by atoms with Crippen molar-refractivity contribution in [2.45, 2.75) is 12.8 Å². The number of carbonyl (C=O) groups is 1. The van der Waals surface area contributed by atoms with E-state index in [1.807, 2.05) is 18.2 Å². The predicted octanol–water partition coefficient (Wildman–Crippen LogP) is 3.44. The zero-order valence-corrected chi connectivity index (χ0v) is 10.9. The summed E-state index contributed by atoms with van der Waals surface area (Å²) in [5.41, 5.74) is 2.95. The minimum Gasteiger partial charge on any atom is -0.385 e. The normalized spacial score (nSPS) is 13.2. The molecule has 0 saturated heterocycles. The molecule has 1 aliphatic heterocycles. The van der Waals surface area contributed by atoms with Gasteiger partial charge in [-0.3, -0.25) is 4.79 Å². The number of rotatable bonds is 2. The number of hydrogen-bond donors (Lipinski definition) is 2. The van der Waals surface area contributed by atoms with Crippen molar-refractivity contribution >= 4 is 17.3 Å². The fourth-order valence-corrected chi connectivity index (χ4v) is 2.46. The van der Waals surface area contributed by atoms with Crippen LogP contribution in [0.25, 0.3) is 0 Å². The van der Waals surface area contributed by atoms with Gasteiger partial charge in [0.05, 0.1) is 5.56 Å². The Bertz CT molecular complexity index is 655. The van der Waals surface area contributed by atoms with Gasteiger partial charge in [0.25, 0.3) is 5.91 Å². The lowest BCUT2D eigenvalue weighted by molar-refractivity contribution is 0.102. The van der Waals surface area contributed by atoms with E-state index in [2.05, 4.69) is 10.6 Å². The van der Waals surface area contributed by atoms with Gasteiger partial charge in [-0.1, -0.05) is 18.2 Å². The molecule has 4 heteroatoms. The Morgan fingerprint density at radius 1 is 1.15 bits per heavy atom. The van der Waals surface area contributed by atoms with E-state index in [0.717, 1.165) is 36.3 Å². The fourth-order valence-electron chi connectivity index (χ4n) is 2.46. The van der Waals surface area contributed by atoms with Crippen LogP contribution in [0.4, 0.5) is 15.8 Å². The van der Waals surface area contributed by atoms with Gasteiger partial charge in [0.1, 0.15) is 5.82 Å². The van der Waals surface area contributed by atoms with Crippen LogP contribution in [0.1, 0.15) is 22.3 Å². The van der Waals surface area contributed by atoms with Crippen molar-refractivity contribution in [3.05, 3.63) is 59.4 Å². The molecule has 2 N–H and O–H groups in total. The molecule has 0 fully saturated rings. The molecule has 20 heavy (non-hydrogen) atoms. The molecule has 2 aromatic carbocycles. The van der Waals surface area contributed by atoms with Crippen LogP contribution in [-0.2, 0) is 6.42 Å². The summed E-state index contributed by atoms with van der Waals surface area (Å²) in [7, 11) is 0. The average molecular weight is 270 g/mol. The van der Waals surface area contributed by atoms with Crippen LogP contribution in [0.2, 0.25) is 0 Å². The molecular weight excluding hydrogens is 255 g/mol. The summed E-state index contributed by atoms with van der Waals surface area (Å²) in [6.07, 6.45) is 1.94. The van der Waals surface area contributed by atoms with Crippen molar-refractivity contribution in [3.63, 3.8) is 0 Å². The van der Waals surface area contributed by atoms with Crippen LogP contribution in [-0.4, -0.2) is 12.5 Å². The maximum atomic E-state index is 13.6. The van der Waals surface area contributed by atoms with Gasteiger partial charge in [0, 0.05) is 17.9 Å². The van der Waals surface area contributed by atoms with Gasteiger partial charge in [-0.2, -0.15) is 0 Å². The van der Waals surface area contributed by atoms with Gasteiger partial charge in [-0.05, 0) is 42.7 Å². The molecule has 0 aromatic heterocycles. The van der Waals surface area contributed by atoms with E-state index in [9.17, 15) is 9.18 Å². The second-order valence-corrected chi connectivity index (χ2v) is 4.80. The van der Waals surface area contributed by atoms with E-state index in [0.29, 0.717) is 0 Å². The van der Waals surface area contributed by atoms with Crippen LogP contribution in [0.15, 0.2) is 42.5 Å². The molecule has 0 aliphatic carbocycles. The maximum Gasteiger partial charge on any atom is 0.258 e. The highest BCUT2D eigenvalue weighted by atomic mass is 19.1. The molecule has 1 aliphatic rings. The van der Waals surface area contributed by atoms with Crippen LogP contribution < -0.4 is 10.6 Å². The van der Waals surface area contributed by atoms with E-state index >= 15 is 0 Å². The summed E-state index contributed by atoms with van der Waals surface area (Å²) in [6.45, 7) is 0.942. The van der Waals surface area contributed by atoms with Crippen molar-refractivity contribution in [3.8, 4) is 0 Å². The number of amides is 1. The first kappa shape index (κ1) is 12.7. The highest BCUT2D eigenvalue weighted by Gasteiger charge is 2.16. The standard InChI is InChI=1S/C16H15FN2O/c17-13-7-2-1-5-11(13)16(20)19-15-9-3-8-14-12(15)6-4-10-18-14/h1-3,5,7-9,18H,4,6,10H2,(H,19,20). The summed E-state index contributed by atoms with van der Waals surface area (Å²) < 4.78 is 13.6. The van der Waals surface area contributed by atoms with Crippen molar-refractivity contribution in [2.75, 3.05) is 17.2 Å². The summed E-state index contributed by atoms with van der Waals surface area (Å²) in [5, 5.41) is 6.11. The highest BCUT2D eigenvalue weighted by Crippen LogP contribution is 2.29. The summed E-state index contributed by atoms with van der Waals surface area (Å²) in [5.74, 6) is -0.921. The largest absolute Gasteiger partial charge is 0.385 e. The smallest absolute Gasteiger partial charge is 0.258 e. The van der Waals surface area contributed by atoms with Crippen LogP contribution in [0.3, 0.4) is 0 Å². The van der Waals surface area contributed by atoms with Crippen LogP contribution in [0, 0.1) is 5.82 Å². The number of halogens is 1. The van der Waals surface area contributed by atoms with Gasteiger partial charge < -0.3 is 10.6 Å². The predicted molar refractivity (Wildman–Crippen MR) is 77.6 cm³/mol. The molecule has 0 atom stereocenters. The molecule has 1 heterocycles. The minimum absolute atomic E-state index is 0.0638. The molecule has 2 aromatic rings. The first-order valence-electron chi connectivity index (χ1n) is 6.67. The quantitative estimate of drug-likeness (QED) is 0.877. The topological polar surface area (TPSA) is 41.1 Å². The van der Waals surface area contributed by atoms with E-state index < -0.39 is 11.7 Å². The second-order valence-electron chi connectivity index (χ2n) is 4.80. The zero-order valence-electron chi connectivity index (χ0n) is 10.9. The van der Waals surface area contributed by atoms with Gasteiger partial charge in [0.2, 0.25) is 0 Å². The Balaban J connectivity index is 1.89. The van der Waals surface area contributed by atoms with Crippen molar-refractivity contribution in [1.29, 1.82) is 0 Å². The Labute approximate surface area is 116 Å². The van der Waals surface area contributed by atoms with Crippen LogP contribution >= 0.6 is 0 Å². The number of anilines is 2. The maximum absolute atomic E-state index is 13.6. The van der Waals surface area contributed by atoms with E-state index in [1.165, 1.54) is 12.1 Å². The van der Waals surface area contributed by atoms with E-state index in [-0.39, 0.29) is 5.56 Å². The molecule has 0 bridgehead atoms. The highest BCUT2D eigenvalue weighted by molar-refractivity contribution is 6.05. The Kier molecular flexibility index (Phi) is 3.37. The zero-order chi connectivity index (χ0) is 13.9. The molecule has 3 nitrogen and oxygen atoms in total. The first-order chi connectivity index (χ1) is 9.75. The van der Waals surface area contributed by atoms with Gasteiger partial charge >= 0.3 is 0 Å². The van der Waals surface area contributed by atoms with Crippen LogP contribution in [0.5, 0.6) is 0 Å².